The van der Waals surface area contributed by atoms with Crippen molar-refractivity contribution in [2.75, 3.05) is 33.4 Å². The van der Waals surface area contributed by atoms with Gasteiger partial charge in [0.15, 0.2) is 0 Å². The zero-order chi connectivity index (χ0) is 14.0. The SMILES string of the molecule is CC(C)NCC1(CN(C)C(=O)C(F)(F)F)COC1. The molecule has 1 amide bonds. The summed E-state index contributed by atoms with van der Waals surface area (Å²) in [6, 6.07) is 0.242. The van der Waals surface area contributed by atoms with E-state index in [1.807, 2.05) is 13.8 Å². The highest BCUT2D eigenvalue weighted by Crippen LogP contribution is 2.29. The molecule has 1 fully saturated rings. The van der Waals surface area contributed by atoms with Gasteiger partial charge in [-0.05, 0) is 0 Å². The standard InChI is InChI=1S/C11H19F3N2O2/c1-8(2)15-4-10(6-18-7-10)5-16(3)9(17)11(12,13)14/h8,15H,4-7H2,1-3H3. The fraction of sp³-hybridized carbons (Fsp3) is 0.909. The molecular formula is C11H19F3N2O2. The Balaban J connectivity index is 2.55. The Labute approximate surface area is 104 Å². The predicted octanol–water partition coefficient (Wildman–Crippen LogP) is 1.02. The lowest BCUT2D eigenvalue weighted by Gasteiger charge is -2.44. The molecule has 1 heterocycles. The number of halogens is 3. The van der Waals surface area contributed by atoms with Gasteiger partial charge in [-0.1, -0.05) is 13.8 Å². The van der Waals surface area contributed by atoms with Crippen LogP contribution in [0.4, 0.5) is 13.2 Å². The zero-order valence-electron chi connectivity index (χ0n) is 10.8. The molecule has 7 heteroatoms. The molecule has 0 radical (unpaired) electrons. The first-order valence-corrected chi connectivity index (χ1v) is 5.80. The summed E-state index contributed by atoms with van der Waals surface area (Å²) in [4.78, 5) is 11.8. The Morgan fingerprint density at radius 1 is 1.44 bits per heavy atom. The van der Waals surface area contributed by atoms with E-state index in [1.54, 1.807) is 0 Å². The highest BCUT2D eigenvalue weighted by molar-refractivity contribution is 5.81. The van der Waals surface area contributed by atoms with Crippen LogP contribution in [0.5, 0.6) is 0 Å². The van der Waals surface area contributed by atoms with E-state index < -0.39 is 17.5 Å². The molecule has 0 aromatic carbocycles. The second kappa shape index (κ2) is 5.44. The third-order valence-corrected chi connectivity index (χ3v) is 2.86. The van der Waals surface area contributed by atoms with E-state index in [1.165, 1.54) is 7.05 Å². The molecule has 4 nitrogen and oxygen atoms in total. The van der Waals surface area contributed by atoms with E-state index in [2.05, 4.69) is 5.32 Å². The molecule has 106 valence electrons. The van der Waals surface area contributed by atoms with E-state index in [-0.39, 0.29) is 12.6 Å². The molecule has 0 saturated carbocycles. The fourth-order valence-corrected chi connectivity index (χ4v) is 1.85. The number of amides is 1. The van der Waals surface area contributed by atoms with Crippen molar-refractivity contribution < 1.29 is 22.7 Å². The molecular weight excluding hydrogens is 249 g/mol. The Kier molecular flexibility index (Phi) is 4.61. The van der Waals surface area contributed by atoms with Crippen LogP contribution in [0.25, 0.3) is 0 Å². The minimum absolute atomic E-state index is 0.0467. The fourth-order valence-electron chi connectivity index (χ4n) is 1.85. The Hall–Kier alpha value is -0.820. The number of carbonyl (C=O) groups excluding carboxylic acids is 1. The van der Waals surface area contributed by atoms with Crippen LogP contribution in [-0.4, -0.2) is 56.4 Å². The predicted molar refractivity (Wildman–Crippen MR) is 60.1 cm³/mol. The minimum atomic E-state index is -4.81. The Bertz CT molecular complexity index is 301. The number of hydrogen-bond acceptors (Lipinski definition) is 3. The molecule has 1 aliphatic heterocycles. The zero-order valence-corrected chi connectivity index (χ0v) is 10.8. The second-order valence-corrected chi connectivity index (χ2v) is 5.19. The topological polar surface area (TPSA) is 41.6 Å². The van der Waals surface area contributed by atoms with Crippen LogP contribution >= 0.6 is 0 Å². The molecule has 1 aliphatic rings. The molecule has 0 spiro atoms. The van der Waals surface area contributed by atoms with Crippen LogP contribution in [0, 0.1) is 5.41 Å². The van der Waals surface area contributed by atoms with Crippen molar-refractivity contribution in [3.63, 3.8) is 0 Å². The first-order valence-electron chi connectivity index (χ1n) is 5.80. The number of hydrogen-bond donors (Lipinski definition) is 1. The lowest BCUT2D eigenvalue weighted by molar-refractivity contribution is -0.190. The van der Waals surface area contributed by atoms with Gasteiger partial charge < -0.3 is 15.0 Å². The van der Waals surface area contributed by atoms with Gasteiger partial charge in [-0.2, -0.15) is 13.2 Å². The van der Waals surface area contributed by atoms with Crippen LogP contribution in [0.3, 0.4) is 0 Å². The second-order valence-electron chi connectivity index (χ2n) is 5.19. The summed E-state index contributed by atoms with van der Waals surface area (Å²) in [7, 11) is 1.17. The van der Waals surface area contributed by atoms with Crippen LogP contribution in [0.2, 0.25) is 0 Å². The molecule has 0 aliphatic carbocycles. The van der Waals surface area contributed by atoms with Crippen molar-refractivity contribution in [1.29, 1.82) is 0 Å². The molecule has 0 aromatic rings. The maximum Gasteiger partial charge on any atom is 0.471 e. The summed E-state index contributed by atoms with van der Waals surface area (Å²) in [5.41, 5.74) is -0.403. The van der Waals surface area contributed by atoms with E-state index in [0.29, 0.717) is 19.8 Å². The van der Waals surface area contributed by atoms with Crippen molar-refractivity contribution in [3.05, 3.63) is 0 Å². The normalized spacial score (nSPS) is 18.6. The third kappa shape index (κ3) is 3.84. The Morgan fingerprint density at radius 2 is 2.00 bits per heavy atom. The van der Waals surface area contributed by atoms with Crippen molar-refractivity contribution in [1.82, 2.24) is 10.2 Å². The van der Waals surface area contributed by atoms with Gasteiger partial charge in [0.25, 0.3) is 0 Å². The average molecular weight is 268 g/mol. The number of nitrogens with zero attached hydrogens (tertiary/aromatic N) is 1. The largest absolute Gasteiger partial charge is 0.471 e. The van der Waals surface area contributed by atoms with E-state index in [4.69, 9.17) is 4.74 Å². The monoisotopic (exact) mass is 268 g/mol. The van der Waals surface area contributed by atoms with Crippen LogP contribution in [0.1, 0.15) is 13.8 Å². The van der Waals surface area contributed by atoms with Gasteiger partial charge in [0, 0.05) is 31.6 Å². The smallest absolute Gasteiger partial charge is 0.380 e. The van der Waals surface area contributed by atoms with E-state index in [0.717, 1.165) is 4.90 Å². The van der Waals surface area contributed by atoms with E-state index in [9.17, 15) is 18.0 Å². The summed E-state index contributed by atoms with van der Waals surface area (Å²) in [5.74, 6) is -1.81. The highest BCUT2D eigenvalue weighted by atomic mass is 19.4. The van der Waals surface area contributed by atoms with Gasteiger partial charge >= 0.3 is 12.1 Å². The maximum atomic E-state index is 12.3. The van der Waals surface area contributed by atoms with Gasteiger partial charge in [-0.15, -0.1) is 0 Å². The summed E-state index contributed by atoms with van der Waals surface area (Å²) in [6.07, 6.45) is -4.81. The van der Waals surface area contributed by atoms with Crippen LogP contribution in [-0.2, 0) is 9.53 Å². The molecule has 0 unspecified atom stereocenters. The maximum absolute atomic E-state index is 12.3. The van der Waals surface area contributed by atoms with Crippen molar-refractivity contribution >= 4 is 5.91 Å². The number of alkyl halides is 3. The van der Waals surface area contributed by atoms with Crippen molar-refractivity contribution in [2.45, 2.75) is 26.1 Å². The quantitative estimate of drug-likeness (QED) is 0.809. The number of rotatable bonds is 5. The van der Waals surface area contributed by atoms with Gasteiger partial charge in [0.2, 0.25) is 0 Å². The highest BCUT2D eigenvalue weighted by Gasteiger charge is 2.46. The third-order valence-electron chi connectivity index (χ3n) is 2.86. The molecule has 0 bridgehead atoms. The van der Waals surface area contributed by atoms with Gasteiger partial charge in [0.05, 0.1) is 13.2 Å². The summed E-state index contributed by atoms with van der Waals surface area (Å²) >= 11 is 0. The van der Waals surface area contributed by atoms with E-state index >= 15 is 0 Å². The summed E-state index contributed by atoms with van der Waals surface area (Å²) < 4.78 is 41.9. The molecule has 0 aromatic heterocycles. The summed E-state index contributed by atoms with van der Waals surface area (Å²) in [5, 5.41) is 3.17. The minimum Gasteiger partial charge on any atom is -0.380 e. The number of carbonyl (C=O) groups is 1. The van der Waals surface area contributed by atoms with Crippen LogP contribution < -0.4 is 5.32 Å². The first-order chi connectivity index (χ1) is 8.16. The summed E-state index contributed by atoms with van der Waals surface area (Å²) in [6.45, 7) is 5.26. The number of nitrogens with one attached hydrogen (secondary N) is 1. The Morgan fingerprint density at radius 3 is 2.33 bits per heavy atom. The number of ether oxygens (including phenoxy) is 1. The lowest BCUT2D eigenvalue weighted by atomic mass is 9.85. The molecule has 1 rings (SSSR count). The van der Waals surface area contributed by atoms with Gasteiger partial charge in [-0.3, -0.25) is 4.79 Å². The first kappa shape index (κ1) is 15.2. The molecule has 18 heavy (non-hydrogen) atoms. The van der Waals surface area contributed by atoms with Crippen molar-refractivity contribution in [3.8, 4) is 0 Å². The van der Waals surface area contributed by atoms with Crippen molar-refractivity contribution in [2.24, 2.45) is 5.41 Å². The van der Waals surface area contributed by atoms with Crippen LogP contribution in [0.15, 0.2) is 0 Å². The van der Waals surface area contributed by atoms with Gasteiger partial charge in [-0.25, -0.2) is 0 Å². The molecule has 1 N–H and O–H groups in total. The lowest BCUT2D eigenvalue weighted by Crippen LogP contribution is -2.58. The van der Waals surface area contributed by atoms with Gasteiger partial charge in [0.1, 0.15) is 0 Å². The average Bonchev–Trinajstić information content (AvgIpc) is 2.18. The molecule has 0 atom stereocenters. The molecule has 1 saturated heterocycles.